The lowest BCUT2D eigenvalue weighted by Crippen LogP contribution is -2.30. The van der Waals surface area contributed by atoms with Crippen molar-refractivity contribution in [3.63, 3.8) is 0 Å². The standard InChI is InChI=1S/C16H17Cl2N3O3/c1-8-5-6-11(17)7-12(8)19-15(22)10(3)24-16(23)13-9(2)20-21(4)14(13)18/h5-7,10H,1-4H3,(H,19,22). The van der Waals surface area contributed by atoms with Gasteiger partial charge in [0.2, 0.25) is 0 Å². The molecule has 0 spiro atoms. The number of aryl methyl sites for hydroxylation is 3. The molecule has 1 unspecified atom stereocenters. The van der Waals surface area contributed by atoms with Gasteiger partial charge in [-0.15, -0.1) is 0 Å². The number of carbonyl (C=O) groups excluding carboxylic acids is 2. The lowest BCUT2D eigenvalue weighted by Gasteiger charge is -2.15. The largest absolute Gasteiger partial charge is 0.449 e. The lowest BCUT2D eigenvalue weighted by molar-refractivity contribution is -0.123. The van der Waals surface area contributed by atoms with Crippen LogP contribution in [0.1, 0.15) is 28.5 Å². The molecule has 0 saturated heterocycles. The van der Waals surface area contributed by atoms with Crippen LogP contribution in [0.4, 0.5) is 5.69 Å². The fourth-order valence-electron chi connectivity index (χ4n) is 2.10. The molecule has 1 N–H and O–H groups in total. The van der Waals surface area contributed by atoms with Crippen molar-refractivity contribution in [1.29, 1.82) is 0 Å². The first-order valence-electron chi connectivity index (χ1n) is 7.17. The number of anilines is 1. The highest BCUT2D eigenvalue weighted by atomic mass is 35.5. The van der Waals surface area contributed by atoms with E-state index in [0.717, 1.165) is 5.56 Å². The van der Waals surface area contributed by atoms with E-state index < -0.39 is 18.0 Å². The van der Waals surface area contributed by atoms with Crippen LogP contribution >= 0.6 is 23.2 Å². The van der Waals surface area contributed by atoms with Crippen LogP contribution < -0.4 is 5.32 Å². The number of halogens is 2. The average Bonchev–Trinajstić information content (AvgIpc) is 2.75. The summed E-state index contributed by atoms with van der Waals surface area (Å²) in [5, 5.41) is 7.39. The zero-order valence-electron chi connectivity index (χ0n) is 13.7. The Kier molecular flexibility index (Phi) is 5.51. The number of aromatic nitrogens is 2. The van der Waals surface area contributed by atoms with Crippen molar-refractivity contribution >= 4 is 40.8 Å². The van der Waals surface area contributed by atoms with Crippen LogP contribution in [-0.2, 0) is 16.6 Å². The predicted molar refractivity (Wildman–Crippen MR) is 92.7 cm³/mol. The molecule has 1 aromatic heterocycles. The summed E-state index contributed by atoms with van der Waals surface area (Å²) in [5.41, 5.74) is 1.99. The maximum atomic E-state index is 12.2. The molecule has 6 nitrogen and oxygen atoms in total. The van der Waals surface area contributed by atoms with E-state index >= 15 is 0 Å². The SMILES string of the molecule is Cc1ccc(Cl)cc1NC(=O)C(C)OC(=O)c1c(C)nn(C)c1Cl. The van der Waals surface area contributed by atoms with Gasteiger partial charge in [0.1, 0.15) is 10.7 Å². The Morgan fingerprint density at radius 1 is 1.29 bits per heavy atom. The van der Waals surface area contributed by atoms with Crippen molar-refractivity contribution in [2.24, 2.45) is 7.05 Å². The maximum absolute atomic E-state index is 12.2. The van der Waals surface area contributed by atoms with Gasteiger partial charge < -0.3 is 10.1 Å². The second-order valence-corrected chi connectivity index (χ2v) is 6.17. The number of hydrogen-bond acceptors (Lipinski definition) is 4. The zero-order valence-corrected chi connectivity index (χ0v) is 15.2. The summed E-state index contributed by atoms with van der Waals surface area (Å²) in [4.78, 5) is 24.5. The molecular formula is C16H17Cl2N3O3. The van der Waals surface area contributed by atoms with E-state index in [4.69, 9.17) is 27.9 Å². The first-order chi connectivity index (χ1) is 11.2. The second kappa shape index (κ2) is 7.23. The first kappa shape index (κ1) is 18.3. The normalized spacial score (nSPS) is 11.9. The molecule has 0 aliphatic rings. The summed E-state index contributed by atoms with van der Waals surface area (Å²) in [6.45, 7) is 4.96. The van der Waals surface area contributed by atoms with Crippen LogP contribution in [0.3, 0.4) is 0 Å². The van der Waals surface area contributed by atoms with Crippen LogP contribution in [0.2, 0.25) is 10.2 Å². The van der Waals surface area contributed by atoms with Gasteiger partial charge in [-0.05, 0) is 38.5 Å². The summed E-state index contributed by atoms with van der Waals surface area (Å²) >= 11 is 11.9. The van der Waals surface area contributed by atoms with Gasteiger partial charge >= 0.3 is 5.97 Å². The number of benzene rings is 1. The van der Waals surface area contributed by atoms with Gasteiger partial charge in [-0.2, -0.15) is 5.10 Å². The molecule has 0 aliphatic carbocycles. The molecule has 128 valence electrons. The predicted octanol–water partition coefficient (Wildman–Crippen LogP) is 3.53. The smallest absolute Gasteiger partial charge is 0.343 e. The molecule has 0 radical (unpaired) electrons. The molecule has 1 atom stereocenters. The van der Waals surface area contributed by atoms with E-state index in [9.17, 15) is 9.59 Å². The monoisotopic (exact) mass is 369 g/mol. The second-order valence-electron chi connectivity index (χ2n) is 5.37. The Hall–Kier alpha value is -2.05. The van der Waals surface area contributed by atoms with E-state index in [-0.39, 0.29) is 10.7 Å². The Labute approximate surface area is 149 Å². The molecule has 2 aromatic rings. The van der Waals surface area contributed by atoms with Gasteiger partial charge in [-0.25, -0.2) is 4.79 Å². The third-order valence-electron chi connectivity index (χ3n) is 3.47. The zero-order chi connectivity index (χ0) is 18.0. The molecule has 1 aromatic carbocycles. The van der Waals surface area contributed by atoms with Gasteiger partial charge in [0.15, 0.2) is 6.10 Å². The van der Waals surface area contributed by atoms with E-state index in [1.165, 1.54) is 11.6 Å². The molecule has 0 aliphatic heterocycles. The third kappa shape index (κ3) is 3.88. The minimum atomic E-state index is -1.01. The quantitative estimate of drug-likeness (QED) is 0.836. The molecule has 0 bridgehead atoms. The highest BCUT2D eigenvalue weighted by molar-refractivity contribution is 6.32. The van der Waals surface area contributed by atoms with Crippen LogP contribution in [0, 0.1) is 13.8 Å². The number of nitrogens with one attached hydrogen (secondary N) is 1. The molecule has 8 heteroatoms. The van der Waals surface area contributed by atoms with Crippen molar-refractivity contribution in [2.45, 2.75) is 26.9 Å². The van der Waals surface area contributed by atoms with Crippen molar-refractivity contribution in [1.82, 2.24) is 9.78 Å². The molecule has 0 saturated carbocycles. The highest BCUT2D eigenvalue weighted by Crippen LogP contribution is 2.22. The first-order valence-corrected chi connectivity index (χ1v) is 7.93. The Bertz CT molecular complexity index is 802. The van der Waals surface area contributed by atoms with Crippen molar-refractivity contribution < 1.29 is 14.3 Å². The minimum Gasteiger partial charge on any atom is -0.449 e. The molecule has 0 fully saturated rings. The molecule has 24 heavy (non-hydrogen) atoms. The van der Waals surface area contributed by atoms with Gasteiger partial charge in [-0.3, -0.25) is 9.48 Å². The van der Waals surface area contributed by atoms with Gasteiger partial charge in [0, 0.05) is 17.8 Å². The number of hydrogen-bond donors (Lipinski definition) is 1. The van der Waals surface area contributed by atoms with Gasteiger partial charge in [-0.1, -0.05) is 29.3 Å². The Morgan fingerprint density at radius 3 is 2.54 bits per heavy atom. The van der Waals surface area contributed by atoms with Crippen LogP contribution in [0.25, 0.3) is 0 Å². The van der Waals surface area contributed by atoms with E-state index in [1.807, 2.05) is 6.92 Å². The van der Waals surface area contributed by atoms with Crippen LogP contribution in [0.15, 0.2) is 18.2 Å². The molecule has 2 rings (SSSR count). The Morgan fingerprint density at radius 2 is 1.96 bits per heavy atom. The number of nitrogens with zero attached hydrogens (tertiary/aromatic N) is 2. The highest BCUT2D eigenvalue weighted by Gasteiger charge is 2.25. The topological polar surface area (TPSA) is 73.2 Å². The molecule has 1 amide bonds. The van der Waals surface area contributed by atoms with Gasteiger partial charge in [0.25, 0.3) is 5.91 Å². The number of carbonyl (C=O) groups is 2. The fraction of sp³-hybridized carbons (Fsp3) is 0.312. The van der Waals surface area contributed by atoms with Crippen molar-refractivity contribution in [2.75, 3.05) is 5.32 Å². The van der Waals surface area contributed by atoms with Crippen molar-refractivity contribution in [3.8, 4) is 0 Å². The summed E-state index contributed by atoms with van der Waals surface area (Å²) < 4.78 is 6.56. The fourth-order valence-corrected chi connectivity index (χ4v) is 2.52. The average molecular weight is 370 g/mol. The van der Waals surface area contributed by atoms with Gasteiger partial charge in [0.05, 0.1) is 5.69 Å². The van der Waals surface area contributed by atoms with Crippen molar-refractivity contribution in [3.05, 3.63) is 45.2 Å². The number of amides is 1. The summed E-state index contributed by atoms with van der Waals surface area (Å²) in [5.74, 6) is -1.16. The summed E-state index contributed by atoms with van der Waals surface area (Å²) in [7, 11) is 1.62. The molecule has 1 heterocycles. The number of rotatable bonds is 4. The third-order valence-corrected chi connectivity index (χ3v) is 4.14. The minimum absolute atomic E-state index is 0.151. The lowest BCUT2D eigenvalue weighted by atomic mass is 10.2. The van der Waals surface area contributed by atoms with Crippen LogP contribution in [0.5, 0.6) is 0 Å². The summed E-state index contributed by atoms with van der Waals surface area (Å²) in [6, 6.07) is 5.14. The van der Waals surface area contributed by atoms with E-state index in [0.29, 0.717) is 16.4 Å². The van der Waals surface area contributed by atoms with E-state index in [1.54, 1.807) is 32.2 Å². The number of esters is 1. The van der Waals surface area contributed by atoms with Crippen LogP contribution in [-0.4, -0.2) is 27.8 Å². The molecular weight excluding hydrogens is 353 g/mol. The maximum Gasteiger partial charge on any atom is 0.343 e. The Balaban J connectivity index is 2.08. The number of ether oxygens (including phenoxy) is 1. The summed E-state index contributed by atoms with van der Waals surface area (Å²) in [6.07, 6.45) is -1.01. The van der Waals surface area contributed by atoms with E-state index in [2.05, 4.69) is 10.4 Å².